The van der Waals surface area contributed by atoms with Crippen LogP contribution in [0.4, 0.5) is 0 Å². The van der Waals surface area contributed by atoms with Crippen molar-refractivity contribution in [2.45, 2.75) is 44.6 Å². The lowest BCUT2D eigenvalue weighted by Crippen LogP contribution is -2.41. The third-order valence-electron chi connectivity index (χ3n) is 8.63. The first-order chi connectivity index (χ1) is 18.4. The smallest absolute Gasteiger partial charge is 0.256 e. The van der Waals surface area contributed by atoms with E-state index < -0.39 is 5.54 Å². The molecule has 38 heavy (non-hydrogen) atoms. The number of carbonyl (C=O) groups is 2. The topological polar surface area (TPSA) is 70.8 Å². The number of amidine groups is 1. The Labute approximate surface area is 223 Å². The fourth-order valence-electron chi connectivity index (χ4n) is 6.03. The number of benzene rings is 2. The molecule has 2 saturated carbocycles. The quantitative estimate of drug-likeness (QED) is 0.495. The van der Waals surface area contributed by atoms with Gasteiger partial charge in [-0.05, 0) is 67.2 Å². The van der Waals surface area contributed by atoms with Crippen molar-refractivity contribution >= 4 is 17.6 Å². The summed E-state index contributed by atoms with van der Waals surface area (Å²) in [4.78, 5) is 35.0. The Kier molecular flexibility index (Phi) is 5.32. The third-order valence-corrected chi connectivity index (χ3v) is 8.63. The number of aromatic nitrogens is 2. The first-order valence-corrected chi connectivity index (χ1v) is 13.8. The highest BCUT2D eigenvalue weighted by atomic mass is 16.2. The van der Waals surface area contributed by atoms with Crippen LogP contribution in [0, 0.1) is 18.8 Å². The van der Waals surface area contributed by atoms with E-state index in [0.29, 0.717) is 18.4 Å². The van der Waals surface area contributed by atoms with Gasteiger partial charge >= 0.3 is 0 Å². The predicted octanol–water partition coefficient (Wildman–Crippen LogP) is 4.44. The zero-order valence-electron chi connectivity index (χ0n) is 22.1. The Morgan fingerprint density at radius 1 is 1.00 bits per heavy atom. The summed E-state index contributed by atoms with van der Waals surface area (Å²) in [7, 11) is 1.93. The number of hydrogen-bond acceptors (Lipinski definition) is 4. The van der Waals surface area contributed by atoms with Gasteiger partial charge in [0.2, 0.25) is 5.91 Å². The summed E-state index contributed by atoms with van der Waals surface area (Å²) in [5.41, 5.74) is 6.15. The molecule has 1 aromatic heterocycles. The Hall–Kier alpha value is -3.74. The first-order valence-electron chi connectivity index (χ1n) is 13.8. The summed E-state index contributed by atoms with van der Waals surface area (Å²) in [6, 6.07) is 15.0. The molecule has 3 fully saturated rings. The molecule has 1 saturated heterocycles. The zero-order chi connectivity index (χ0) is 26.0. The van der Waals surface area contributed by atoms with E-state index in [1.807, 2.05) is 33.9 Å². The number of likely N-dealkylation sites (tertiary alicyclic amines) is 1. The van der Waals surface area contributed by atoms with Crippen LogP contribution >= 0.6 is 0 Å². The van der Waals surface area contributed by atoms with E-state index in [1.54, 1.807) is 0 Å². The van der Waals surface area contributed by atoms with Gasteiger partial charge in [0.1, 0.15) is 11.4 Å². The van der Waals surface area contributed by atoms with E-state index in [9.17, 15) is 9.59 Å². The molecule has 1 atom stereocenters. The van der Waals surface area contributed by atoms with E-state index in [4.69, 9.17) is 4.99 Å². The maximum absolute atomic E-state index is 13.5. The van der Waals surface area contributed by atoms with Gasteiger partial charge in [0, 0.05) is 49.9 Å². The second kappa shape index (κ2) is 8.65. The molecular weight excluding hydrogens is 474 g/mol. The second-order valence-electron chi connectivity index (χ2n) is 11.6. The van der Waals surface area contributed by atoms with Crippen molar-refractivity contribution in [3.8, 4) is 22.3 Å². The molecule has 2 aliphatic heterocycles. The van der Waals surface area contributed by atoms with Gasteiger partial charge in [-0.25, -0.2) is 0 Å². The van der Waals surface area contributed by atoms with Crippen LogP contribution in [-0.2, 0) is 16.6 Å². The summed E-state index contributed by atoms with van der Waals surface area (Å²) in [5.74, 6) is 1.83. The lowest BCUT2D eigenvalue weighted by Gasteiger charge is -2.24. The lowest BCUT2D eigenvalue weighted by atomic mass is 9.97. The van der Waals surface area contributed by atoms with Gasteiger partial charge in [-0.2, -0.15) is 5.10 Å². The summed E-state index contributed by atoms with van der Waals surface area (Å²) in [6.45, 7) is 4.32. The average Bonchev–Trinajstić information content (AvgIpc) is 3.81. The molecular formula is C31H33N5O2. The summed E-state index contributed by atoms with van der Waals surface area (Å²) in [6.07, 6.45) is 8.59. The maximum atomic E-state index is 13.5. The number of amides is 2. The van der Waals surface area contributed by atoms with E-state index >= 15 is 0 Å². The minimum Gasteiger partial charge on any atom is -0.342 e. The SMILES string of the molecule is Cc1cc(-c2ccc(-c3cnn(C)c3)cc2)ccc1C1=NC2(CC2)C(=O)N1C[C@@H]1CCN(C(=O)C2CC2)C1. The van der Waals surface area contributed by atoms with Crippen LogP contribution in [0.3, 0.4) is 0 Å². The lowest BCUT2D eigenvalue weighted by molar-refractivity contribution is -0.131. The number of hydrogen-bond donors (Lipinski definition) is 0. The molecule has 0 unspecified atom stereocenters. The second-order valence-corrected chi connectivity index (χ2v) is 11.6. The van der Waals surface area contributed by atoms with Crippen molar-refractivity contribution in [1.82, 2.24) is 19.6 Å². The van der Waals surface area contributed by atoms with Gasteiger partial charge < -0.3 is 4.90 Å². The van der Waals surface area contributed by atoms with E-state index in [-0.39, 0.29) is 11.8 Å². The van der Waals surface area contributed by atoms with Gasteiger partial charge in [-0.3, -0.25) is 24.2 Å². The fourth-order valence-corrected chi connectivity index (χ4v) is 6.03. The molecule has 0 radical (unpaired) electrons. The molecule has 7 rings (SSSR count). The highest BCUT2D eigenvalue weighted by Crippen LogP contribution is 2.46. The Bertz CT molecular complexity index is 1460. The standard InChI is InChI=1S/C31H33N5O2/c1-20-15-25(22-3-5-23(6-4-22)26-16-32-34(2)19-26)9-10-27(20)28-33-31(12-13-31)30(38)36(28)18-21-11-14-35(17-21)29(37)24-7-8-24/h3-6,9-10,15-16,19,21,24H,7-8,11-14,17-18H2,1-2H3/t21-/m1/s1. The van der Waals surface area contributed by atoms with Crippen molar-refractivity contribution in [3.05, 3.63) is 66.0 Å². The minimum atomic E-state index is -0.537. The molecule has 3 aromatic rings. The van der Waals surface area contributed by atoms with Crippen LogP contribution < -0.4 is 0 Å². The molecule has 2 aliphatic carbocycles. The first kappa shape index (κ1) is 23.4. The number of carbonyl (C=O) groups excluding carboxylic acids is 2. The van der Waals surface area contributed by atoms with Gasteiger partial charge in [0.05, 0.1) is 6.20 Å². The summed E-state index contributed by atoms with van der Waals surface area (Å²) < 4.78 is 1.81. The van der Waals surface area contributed by atoms with Crippen LogP contribution in [-0.4, -0.2) is 62.4 Å². The minimum absolute atomic E-state index is 0.147. The largest absolute Gasteiger partial charge is 0.342 e. The zero-order valence-corrected chi connectivity index (χ0v) is 22.1. The molecule has 3 heterocycles. The summed E-state index contributed by atoms with van der Waals surface area (Å²) >= 11 is 0. The van der Waals surface area contributed by atoms with Crippen molar-refractivity contribution < 1.29 is 9.59 Å². The number of nitrogens with zero attached hydrogens (tertiary/aromatic N) is 5. The number of aliphatic imine (C=N–C) groups is 1. The van der Waals surface area contributed by atoms with Crippen LogP contribution in [0.2, 0.25) is 0 Å². The molecule has 0 N–H and O–H groups in total. The monoisotopic (exact) mass is 507 g/mol. The van der Waals surface area contributed by atoms with E-state index in [0.717, 1.165) is 84.4 Å². The van der Waals surface area contributed by atoms with Crippen LogP contribution in [0.25, 0.3) is 22.3 Å². The Morgan fingerprint density at radius 2 is 1.71 bits per heavy atom. The van der Waals surface area contributed by atoms with Crippen molar-refractivity contribution in [3.63, 3.8) is 0 Å². The number of rotatable bonds is 6. The van der Waals surface area contributed by atoms with Crippen molar-refractivity contribution in [2.24, 2.45) is 23.9 Å². The Balaban J connectivity index is 1.11. The normalized spacial score (nSPS) is 21.9. The highest BCUT2D eigenvalue weighted by Gasteiger charge is 2.57. The predicted molar refractivity (Wildman–Crippen MR) is 146 cm³/mol. The van der Waals surface area contributed by atoms with E-state index in [2.05, 4.69) is 54.5 Å². The molecule has 0 bridgehead atoms. The number of aryl methyl sites for hydroxylation is 2. The van der Waals surface area contributed by atoms with Crippen LogP contribution in [0.15, 0.2) is 59.9 Å². The molecule has 1 spiro atoms. The summed E-state index contributed by atoms with van der Waals surface area (Å²) in [5, 5.41) is 4.27. The average molecular weight is 508 g/mol. The Morgan fingerprint density at radius 3 is 2.34 bits per heavy atom. The van der Waals surface area contributed by atoms with Crippen molar-refractivity contribution in [2.75, 3.05) is 19.6 Å². The molecule has 2 amide bonds. The van der Waals surface area contributed by atoms with Gasteiger partial charge in [-0.15, -0.1) is 0 Å². The maximum Gasteiger partial charge on any atom is 0.256 e. The molecule has 2 aromatic carbocycles. The van der Waals surface area contributed by atoms with Crippen LogP contribution in [0.1, 0.15) is 43.2 Å². The molecule has 7 nitrogen and oxygen atoms in total. The molecule has 194 valence electrons. The highest BCUT2D eigenvalue weighted by molar-refractivity contribution is 6.17. The molecule has 4 aliphatic rings. The van der Waals surface area contributed by atoms with Gasteiger partial charge in [-0.1, -0.05) is 42.5 Å². The van der Waals surface area contributed by atoms with Crippen LogP contribution in [0.5, 0.6) is 0 Å². The van der Waals surface area contributed by atoms with Gasteiger partial charge in [0.25, 0.3) is 5.91 Å². The molecule has 7 heteroatoms. The van der Waals surface area contributed by atoms with Crippen molar-refractivity contribution in [1.29, 1.82) is 0 Å². The fraction of sp³-hybridized carbons (Fsp3) is 0.419. The van der Waals surface area contributed by atoms with Gasteiger partial charge in [0.15, 0.2) is 0 Å². The third kappa shape index (κ3) is 4.05. The van der Waals surface area contributed by atoms with E-state index in [1.165, 1.54) is 0 Å².